The van der Waals surface area contributed by atoms with Crippen molar-refractivity contribution in [3.8, 4) is 29.7 Å². The Morgan fingerprint density at radius 2 is 2.00 bits per heavy atom. The van der Waals surface area contributed by atoms with E-state index in [0.717, 1.165) is 0 Å². The maximum absolute atomic E-state index is 9.21. The van der Waals surface area contributed by atoms with Crippen LogP contribution in [0, 0.1) is 39.9 Å². The second kappa shape index (κ2) is 5.22. The van der Waals surface area contributed by atoms with Crippen molar-refractivity contribution in [2.75, 3.05) is 7.11 Å². The van der Waals surface area contributed by atoms with Crippen LogP contribution in [0.25, 0.3) is 0 Å². The summed E-state index contributed by atoms with van der Waals surface area (Å²) in [6, 6.07) is 10.6. The zero-order valence-electron chi connectivity index (χ0n) is 10.6. The average Bonchev–Trinajstić information content (AvgIpc) is 2.48. The Hall–Kier alpha value is -3.17. The van der Waals surface area contributed by atoms with Crippen molar-refractivity contribution in [2.45, 2.75) is 5.92 Å². The maximum Gasteiger partial charge on any atom is 0.205 e. The van der Waals surface area contributed by atoms with Crippen LogP contribution in [-0.2, 0) is 0 Å². The van der Waals surface area contributed by atoms with E-state index in [0.29, 0.717) is 17.1 Å². The highest BCUT2D eigenvalue weighted by Gasteiger charge is 2.36. The van der Waals surface area contributed by atoms with Gasteiger partial charge in [-0.3, -0.25) is 0 Å². The van der Waals surface area contributed by atoms with Crippen LogP contribution in [0.3, 0.4) is 0 Å². The molecule has 0 unspecified atom stereocenters. The molecule has 0 saturated heterocycles. The van der Waals surface area contributed by atoms with Crippen molar-refractivity contribution in [1.82, 2.24) is 0 Å². The van der Waals surface area contributed by atoms with Crippen LogP contribution in [0.5, 0.6) is 11.5 Å². The molecule has 0 bridgehead atoms. The van der Waals surface area contributed by atoms with Crippen LogP contribution in [0.1, 0.15) is 11.5 Å². The molecule has 0 radical (unpaired) electrons. The van der Waals surface area contributed by atoms with Gasteiger partial charge in [0.1, 0.15) is 23.5 Å². The van der Waals surface area contributed by atoms with Gasteiger partial charge in [-0.2, -0.15) is 15.8 Å². The summed E-state index contributed by atoms with van der Waals surface area (Å²) in [6.45, 7) is 0. The largest absolute Gasteiger partial charge is 0.497 e. The Kier molecular flexibility index (Phi) is 3.46. The molecule has 0 spiro atoms. The third-order valence-electron chi connectivity index (χ3n) is 3.08. The van der Waals surface area contributed by atoms with E-state index in [1.165, 1.54) is 7.11 Å². The lowest BCUT2D eigenvalue weighted by atomic mass is 9.80. The van der Waals surface area contributed by atoms with Gasteiger partial charge in [0.2, 0.25) is 5.88 Å². The summed E-state index contributed by atoms with van der Waals surface area (Å²) in [7, 11) is 1.50. The Balaban J connectivity index is 2.66. The highest BCUT2D eigenvalue weighted by Crippen LogP contribution is 2.43. The lowest BCUT2D eigenvalue weighted by Crippen LogP contribution is -2.24. The Labute approximate surface area is 115 Å². The SMILES string of the molecule is COc1ccc2c(c1)[C@H](C(C#N)C#N)C(C#N)=C(N)O2. The van der Waals surface area contributed by atoms with Crippen LogP contribution >= 0.6 is 0 Å². The van der Waals surface area contributed by atoms with Crippen molar-refractivity contribution in [2.24, 2.45) is 11.7 Å². The second-order valence-corrected chi connectivity index (χ2v) is 4.11. The predicted octanol–water partition coefficient (Wildman–Crippen LogP) is 1.53. The topological polar surface area (TPSA) is 116 Å². The summed E-state index contributed by atoms with van der Waals surface area (Å²) >= 11 is 0. The zero-order chi connectivity index (χ0) is 14.7. The van der Waals surface area contributed by atoms with Crippen LogP contribution in [0.2, 0.25) is 0 Å². The van der Waals surface area contributed by atoms with Gasteiger partial charge in [-0.1, -0.05) is 0 Å². The van der Waals surface area contributed by atoms with Gasteiger partial charge in [-0.25, -0.2) is 0 Å². The molecule has 0 amide bonds. The number of hydrogen-bond donors (Lipinski definition) is 1. The number of rotatable bonds is 2. The van der Waals surface area contributed by atoms with Gasteiger partial charge in [0.15, 0.2) is 0 Å². The molecule has 20 heavy (non-hydrogen) atoms. The minimum absolute atomic E-state index is 0.0781. The first-order valence-corrected chi connectivity index (χ1v) is 5.71. The molecule has 1 aromatic carbocycles. The number of nitriles is 3. The molecule has 6 nitrogen and oxygen atoms in total. The first-order valence-electron chi connectivity index (χ1n) is 5.71. The summed E-state index contributed by atoms with van der Waals surface area (Å²) < 4.78 is 10.5. The van der Waals surface area contributed by atoms with E-state index < -0.39 is 11.8 Å². The fraction of sp³-hybridized carbons (Fsp3) is 0.214. The minimum atomic E-state index is -1.03. The second-order valence-electron chi connectivity index (χ2n) is 4.11. The van der Waals surface area contributed by atoms with Crippen molar-refractivity contribution < 1.29 is 9.47 Å². The van der Waals surface area contributed by atoms with E-state index in [4.69, 9.17) is 25.7 Å². The molecule has 0 aliphatic carbocycles. The number of methoxy groups -OCH3 is 1. The fourth-order valence-corrected chi connectivity index (χ4v) is 2.12. The molecule has 0 aromatic heterocycles. The van der Waals surface area contributed by atoms with E-state index in [1.54, 1.807) is 18.2 Å². The van der Waals surface area contributed by atoms with Gasteiger partial charge >= 0.3 is 0 Å². The van der Waals surface area contributed by atoms with E-state index >= 15 is 0 Å². The summed E-state index contributed by atoms with van der Waals surface area (Å²) in [5, 5.41) is 27.4. The highest BCUT2D eigenvalue weighted by molar-refractivity contribution is 5.54. The molecule has 98 valence electrons. The Bertz CT molecular complexity index is 689. The molecule has 6 heteroatoms. The number of allylic oxidation sites excluding steroid dienone is 1. The normalized spacial score (nSPS) is 16.4. The predicted molar refractivity (Wildman–Crippen MR) is 67.9 cm³/mol. The quantitative estimate of drug-likeness (QED) is 0.867. The molecule has 1 aromatic rings. The Morgan fingerprint density at radius 3 is 2.55 bits per heavy atom. The van der Waals surface area contributed by atoms with Crippen molar-refractivity contribution in [1.29, 1.82) is 15.8 Å². The monoisotopic (exact) mass is 266 g/mol. The summed E-state index contributed by atoms with van der Waals surface area (Å²) in [5.74, 6) is -0.884. The lowest BCUT2D eigenvalue weighted by Gasteiger charge is -2.26. The molecular formula is C14H10N4O2. The standard InChI is InChI=1S/C14H10N4O2/c1-19-9-2-3-12-10(4-9)13(8(5-15)6-16)11(7-17)14(18)20-12/h2-4,8,13H,18H2,1H3/t13-/m0/s1. The Morgan fingerprint density at radius 1 is 1.30 bits per heavy atom. The molecule has 0 fully saturated rings. The molecule has 1 aliphatic heterocycles. The van der Waals surface area contributed by atoms with Gasteiger partial charge in [-0.05, 0) is 18.2 Å². The number of fused-ring (bicyclic) bond motifs is 1. The third-order valence-corrected chi connectivity index (χ3v) is 3.08. The fourth-order valence-electron chi connectivity index (χ4n) is 2.12. The molecule has 1 atom stereocenters. The first kappa shape index (κ1) is 13.3. The summed E-state index contributed by atoms with van der Waals surface area (Å²) in [4.78, 5) is 0. The van der Waals surface area contributed by atoms with E-state index in [2.05, 4.69) is 0 Å². The van der Waals surface area contributed by atoms with Crippen LogP contribution in [-0.4, -0.2) is 7.11 Å². The molecule has 2 rings (SSSR count). The van der Waals surface area contributed by atoms with Gasteiger partial charge in [0.25, 0.3) is 0 Å². The molecule has 2 N–H and O–H groups in total. The van der Waals surface area contributed by atoms with E-state index in [-0.39, 0.29) is 11.5 Å². The van der Waals surface area contributed by atoms with Crippen LogP contribution < -0.4 is 15.2 Å². The maximum atomic E-state index is 9.21. The lowest BCUT2D eigenvalue weighted by molar-refractivity contribution is 0.377. The van der Waals surface area contributed by atoms with Crippen LogP contribution in [0.4, 0.5) is 0 Å². The summed E-state index contributed by atoms with van der Waals surface area (Å²) in [6.07, 6.45) is 0. The number of nitrogens with two attached hydrogens (primary N) is 1. The minimum Gasteiger partial charge on any atom is -0.497 e. The van der Waals surface area contributed by atoms with Crippen LogP contribution in [0.15, 0.2) is 29.7 Å². The molecule has 1 heterocycles. The molecule has 0 saturated carbocycles. The average molecular weight is 266 g/mol. The summed E-state index contributed by atoms with van der Waals surface area (Å²) in [5.41, 5.74) is 6.32. The van der Waals surface area contributed by atoms with Crippen molar-refractivity contribution >= 4 is 0 Å². The van der Waals surface area contributed by atoms with Gasteiger partial charge < -0.3 is 15.2 Å². The van der Waals surface area contributed by atoms with Gasteiger partial charge in [0, 0.05) is 5.56 Å². The van der Waals surface area contributed by atoms with Gasteiger partial charge in [-0.15, -0.1) is 0 Å². The van der Waals surface area contributed by atoms with E-state index in [1.807, 2.05) is 18.2 Å². The number of nitrogens with zero attached hydrogens (tertiary/aromatic N) is 3. The smallest absolute Gasteiger partial charge is 0.205 e. The third kappa shape index (κ3) is 1.98. The molecule has 1 aliphatic rings. The van der Waals surface area contributed by atoms with Crippen molar-refractivity contribution in [3.05, 3.63) is 35.2 Å². The first-order chi connectivity index (χ1) is 9.65. The molecular weight excluding hydrogens is 256 g/mol. The van der Waals surface area contributed by atoms with Crippen molar-refractivity contribution in [3.63, 3.8) is 0 Å². The number of benzene rings is 1. The zero-order valence-corrected chi connectivity index (χ0v) is 10.6. The van der Waals surface area contributed by atoms with Gasteiger partial charge in [0.05, 0.1) is 30.7 Å². The number of hydrogen-bond acceptors (Lipinski definition) is 6. The number of ether oxygens (including phenoxy) is 2. The van der Waals surface area contributed by atoms with E-state index in [9.17, 15) is 5.26 Å². The highest BCUT2D eigenvalue weighted by atomic mass is 16.5.